The van der Waals surface area contributed by atoms with Crippen LogP contribution in [0.25, 0.3) is 0 Å². The highest BCUT2D eigenvalue weighted by molar-refractivity contribution is 5.89. The van der Waals surface area contributed by atoms with Crippen molar-refractivity contribution in [1.82, 2.24) is 0 Å². The fourth-order valence-electron chi connectivity index (χ4n) is 3.08. The molecule has 106 valence electrons. The molecule has 1 unspecified atom stereocenters. The van der Waals surface area contributed by atoms with Crippen LogP contribution in [0.5, 0.6) is 0 Å². The summed E-state index contributed by atoms with van der Waals surface area (Å²) < 4.78 is 5.94. The van der Waals surface area contributed by atoms with E-state index in [1.54, 1.807) is 0 Å². The summed E-state index contributed by atoms with van der Waals surface area (Å²) in [4.78, 5) is 12.7. The van der Waals surface area contributed by atoms with Crippen molar-refractivity contribution in [3.63, 3.8) is 0 Å². The van der Waals surface area contributed by atoms with Gasteiger partial charge >= 0.3 is 0 Å². The molecule has 0 aliphatic heterocycles. The smallest absolute Gasteiger partial charge is 0.167 e. The number of hydrogen-bond donors (Lipinski definition) is 0. The maximum absolute atomic E-state index is 12.7. The van der Waals surface area contributed by atoms with Gasteiger partial charge in [-0.3, -0.25) is 4.79 Å². The lowest BCUT2D eigenvalue weighted by atomic mass is 9.67. The molecule has 0 aromatic rings. The fourth-order valence-corrected chi connectivity index (χ4v) is 3.08. The highest BCUT2D eigenvalue weighted by Gasteiger charge is 2.45. The molecule has 18 heavy (non-hydrogen) atoms. The van der Waals surface area contributed by atoms with Gasteiger partial charge in [0.05, 0.1) is 0 Å². The third kappa shape index (κ3) is 3.57. The minimum Gasteiger partial charge on any atom is -0.367 e. The fraction of sp³-hybridized carbons (Fsp3) is 0.938. The van der Waals surface area contributed by atoms with Gasteiger partial charge in [0.2, 0.25) is 0 Å². The summed E-state index contributed by atoms with van der Waals surface area (Å²) in [6, 6.07) is 0. The Bertz CT molecular complexity index is 271. The third-order valence-corrected chi connectivity index (χ3v) is 4.45. The molecule has 1 aliphatic carbocycles. The van der Waals surface area contributed by atoms with Crippen LogP contribution < -0.4 is 0 Å². The molecule has 2 heteroatoms. The number of ketones is 1. The van der Waals surface area contributed by atoms with Gasteiger partial charge in [-0.05, 0) is 44.4 Å². The van der Waals surface area contributed by atoms with E-state index in [4.69, 9.17) is 4.74 Å². The first-order valence-corrected chi connectivity index (χ1v) is 7.55. The molecule has 2 nitrogen and oxygen atoms in total. The number of rotatable bonds is 6. The van der Waals surface area contributed by atoms with Gasteiger partial charge in [0.1, 0.15) is 5.60 Å². The maximum atomic E-state index is 12.7. The average Bonchev–Trinajstić information content (AvgIpc) is 2.32. The molecule has 0 heterocycles. The SMILES string of the molecule is CCCC(C)C(=O)C1(OCC)CCC(C)(C)CC1. The predicted molar refractivity (Wildman–Crippen MR) is 75.7 cm³/mol. The number of hydrogen-bond acceptors (Lipinski definition) is 2. The lowest BCUT2D eigenvalue weighted by Gasteiger charge is -2.43. The van der Waals surface area contributed by atoms with Gasteiger partial charge in [-0.15, -0.1) is 0 Å². The molecule has 0 spiro atoms. The van der Waals surface area contributed by atoms with Crippen molar-refractivity contribution in [2.45, 2.75) is 78.7 Å². The standard InChI is InChI=1S/C16H30O2/c1-6-8-13(3)14(17)16(18-7-2)11-9-15(4,5)10-12-16/h13H,6-12H2,1-5H3. The predicted octanol–water partition coefficient (Wildman–Crippen LogP) is 4.37. The van der Waals surface area contributed by atoms with Crippen LogP contribution in [0, 0.1) is 11.3 Å². The van der Waals surface area contributed by atoms with Crippen molar-refractivity contribution >= 4 is 5.78 Å². The Hall–Kier alpha value is -0.370. The zero-order valence-corrected chi connectivity index (χ0v) is 12.8. The maximum Gasteiger partial charge on any atom is 0.167 e. The summed E-state index contributed by atoms with van der Waals surface area (Å²) in [5.74, 6) is 0.490. The Morgan fingerprint density at radius 2 is 1.72 bits per heavy atom. The summed E-state index contributed by atoms with van der Waals surface area (Å²) in [5.41, 5.74) is -0.103. The summed E-state index contributed by atoms with van der Waals surface area (Å²) in [5, 5.41) is 0. The van der Waals surface area contributed by atoms with E-state index in [1.807, 2.05) is 6.92 Å². The van der Waals surface area contributed by atoms with Crippen LogP contribution in [-0.4, -0.2) is 18.0 Å². The van der Waals surface area contributed by atoms with E-state index in [1.165, 1.54) is 0 Å². The van der Waals surface area contributed by atoms with E-state index in [2.05, 4.69) is 27.7 Å². The highest BCUT2D eigenvalue weighted by atomic mass is 16.5. The number of ether oxygens (including phenoxy) is 1. The van der Waals surface area contributed by atoms with Crippen LogP contribution >= 0.6 is 0 Å². The molecule has 0 aromatic carbocycles. The molecule has 1 aliphatic rings. The van der Waals surface area contributed by atoms with Crippen LogP contribution in [0.15, 0.2) is 0 Å². The first-order valence-electron chi connectivity index (χ1n) is 7.55. The zero-order valence-electron chi connectivity index (χ0n) is 12.8. The molecular formula is C16H30O2. The minimum atomic E-state index is -0.473. The quantitative estimate of drug-likeness (QED) is 0.703. The Labute approximate surface area is 112 Å². The average molecular weight is 254 g/mol. The van der Waals surface area contributed by atoms with Gasteiger partial charge in [0.25, 0.3) is 0 Å². The second kappa shape index (κ2) is 6.18. The molecule has 1 saturated carbocycles. The Kier molecular flexibility index (Phi) is 5.39. The van der Waals surface area contributed by atoms with Gasteiger partial charge in [-0.25, -0.2) is 0 Å². The van der Waals surface area contributed by atoms with Crippen molar-refractivity contribution in [2.75, 3.05) is 6.61 Å². The van der Waals surface area contributed by atoms with E-state index in [9.17, 15) is 4.79 Å². The largest absolute Gasteiger partial charge is 0.367 e. The number of carbonyl (C=O) groups excluding carboxylic acids is 1. The molecular weight excluding hydrogens is 224 g/mol. The lowest BCUT2D eigenvalue weighted by molar-refractivity contribution is -0.156. The number of carbonyl (C=O) groups is 1. The van der Waals surface area contributed by atoms with Crippen molar-refractivity contribution in [3.8, 4) is 0 Å². The van der Waals surface area contributed by atoms with Crippen molar-refractivity contribution in [3.05, 3.63) is 0 Å². The Balaban J connectivity index is 2.78. The summed E-state index contributed by atoms with van der Waals surface area (Å²) >= 11 is 0. The van der Waals surface area contributed by atoms with Crippen LogP contribution in [0.1, 0.15) is 73.1 Å². The van der Waals surface area contributed by atoms with Gasteiger partial charge in [-0.2, -0.15) is 0 Å². The van der Waals surface area contributed by atoms with E-state index >= 15 is 0 Å². The van der Waals surface area contributed by atoms with E-state index in [0.717, 1.165) is 38.5 Å². The van der Waals surface area contributed by atoms with Crippen LogP contribution in [-0.2, 0) is 9.53 Å². The van der Waals surface area contributed by atoms with Crippen LogP contribution in [0.3, 0.4) is 0 Å². The zero-order chi connectivity index (χ0) is 13.8. The summed E-state index contributed by atoms with van der Waals surface area (Å²) in [7, 11) is 0. The van der Waals surface area contributed by atoms with E-state index < -0.39 is 5.60 Å². The lowest BCUT2D eigenvalue weighted by Crippen LogP contribution is -2.48. The van der Waals surface area contributed by atoms with Crippen molar-refractivity contribution < 1.29 is 9.53 Å². The summed E-state index contributed by atoms with van der Waals surface area (Å²) in [6.07, 6.45) is 6.05. The first-order chi connectivity index (χ1) is 8.37. The molecule has 0 amide bonds. The van der Waals surface area contributed by atoms with Gasteiger partial charge < -0.3 is 4.74 Å². The second-order valence-electron chi connectivity index (χ2n) is 6.65. The Morgan fingerprint density at radius 3 is 2.17 bits per heavy atom. The first kappa shape index (κ1) is 15.7. The number of Topliss-reactive ketones (excluding diaryl/α,β-unsaturated/α-hetero) is 1. The molecule has 0 bridgehead atoms. The molecule has 1 atom stereocenters. The molecule has 0 radical (unpaired) electrons. The molecule has 0 saturated heterocycles. The third-order valence-electron chi connectivity index (χ3n) is 4.45. The normalized spacial score (nSPS) is 23.6. The van der Waals surface area contributed by atoms with Gasteiger partial charge in [0.15, 0.2) is 5.78 Å². The topological polar surface area (TPSA) is 26.3 Å². The van der Waals surface area contributed by atoms with Crippen LogP contribution in [0.4, 0.5) is 0 Å². The molecule has 1 rings (SSSR count). The van der Waals surface area contributed by atoms with E-state index in [0.29, 0.717) is 17.8 Å². The highest BCUT2D eigenvalue weighted by Crippen LogP contribution is 2.43. The molecule has 1 fully saturated rings. The van der Waals surface area contributed by atoms with Crippen LogP contribution in [0.2, 0.25) is 0 Å². The molecule has 0 N–H and O–H groups in total. The second-order valence-corrected chi connectivity index (χ2v) is 6.65. The van der Waals surface area contributed by atoms with Gasteiger partial charge in [0, 0.05) is 12.5 Å². The Morgan fingerprint density at radius 1 is 1.17 bits per heavy atom. The monoisotopic (exact) mass is 254 g/mol. The van der Waals surface area contributed by atoms with Crippen molar-refractivity contribution in [1.29, 1.82) is 0 Å². The van der Waals surface area contributed by atoms with Crippen molar-refractivity contribution in [2.24, 2.45) is 11.3 Å². The van der Waals surface area contributed by atoms with E-state index in [-0.39, 0.29) is 5.92 Å². The van der Waals surface area contributed by atoms with Gasteiger partial charge in [-0.1, -0.05) is 34.1 Å². The molecule has 0 aromatic heterocycles. The summed E-state index contributed by atoms with van der Waals surface area (Å²) in [6.45, 7) is 11.4. The minimum absolute atomic E-state index is 0.141.